The summed E-state index contributed by atoms with van der Waals surface area (Å²) in [6, 6.07) is 1.14. The van der Waals surface area contributed by atoms with Gasteiger partial charge in [0.1, 0.15) is 5.60 Å². The number of anilines is 1. The van der Waals surface area contributed by atoms with E-state index in [1.165, 1.54) is 21.7 Å². The number of amides is 1. The first-order valence-electron chi connectivity index (χ1n) is 9.46. The molecule has 1 aromatic rings. The molecular weight excluding hydrogens is 366 g/mol. The summed E-state index contributed by atoms with van der Waals surface area (Å²) in [5.74, 6) is -1.10. The molecule has 0 unspecified atom stereocenters. The summed E-state index contributed by atoms with van der Waals surface area (Å²) in [7, 11) is 0. The lowest BCUT2D eigenvalue weighted by molar-refractivity contribution is 0.0104. The van der Waals surface area contributed by atoms with Crippen LogP contribution in [0.3, 0.4) is 0 Å². The van der Waals surface area contributed by atoms with Gasteiger partial charge in [-0.05, 0) is 33.6 Å². The molecule has 1 amide bonds. The number of likely N-dealkylation sites (tertiary alicyclic amines) is 1. The second kappa shape index (κ2) is 7.83. The van der Waals surface area contributed by atoms with Crippen LogP contribution in [0.1, 0.15) is 50.0 Å². The molecule has 3 heterocycles. The number of aromatic carboxylic acids is 1. The second-order valence-electron chi connectivity index (χ2n) is 8.22. The van der Waals surface area contributed by atoms with Crippen LogP contribution in [0.2, 0.25) is 0 Å². The Labute approximate surface area is 163 Å². The molecule has 0 bridgehead atoms. The van der Waals surface area contributed by atoms with Gasteiger partial charge in [-0.3, -0.25) is 4.79 Å². The molecule has 154 valence electrons. The summed E-state index contributed by atoms with van der Waals surface area (Å²) in [4.78, 5) is 37.8. The van der Waals surface area contributed by atoms with Crippen LogP contribution in [0.25, 0.3) is 0 Å². The molecule has 2 N–H and O–H groups in total. The molecule has 9 nitrogen and oxygen atoms in total. The Hall–Kier alpha value is -2.55. The van der Waals surface area contributed by atoms with E-state index in [1.807, 2.05) is 0 Å². The van der Waals surface area contributed by atoms with Crippen LogP contribution < -0.4 is 10.9 Å². The lowest BCUT2D eigenvalue weighted by Crippen LogP contribution is -2.58. The SMILES string of the molecule is CC(C)(C)OC(=O)N1CC(Nc2cc(=O)n(C3CCOCC3)cc2C(=O)O)C1. The van der Waals surface area contributed by atoms with Crippen molar-refractivity contribution in [2.24, 2.45) is 0 Å². The zero-order valence-electron chi connectivity index (χ0n) is 16.4. The molecule has 3 rings (SSSR count). The highest BCUT2D eigenvalue weighted by atomic mass is 16.6. The van der Waals surface area contributed by atoms with Crippen molar-refractivity contribution in [1.29, 1.82) is 0 Å². The molecule has 2 fully saturated rings. The standard InChI is InChI=1S/C19H27N3O6/c1-19(2,3)28-18(26)21-9-12(10-21)20-15-8-16(23)22(11-14(15)17(24)25)13-4-6-27-7-5-13/h8,11-13,20H,4-7,9-10H2,1-3H3,(H,24,25). The molecule has 0 atom stereocenters. The summed E-state index contributed by atoms with van der Waals surface area (Å²) in [6.07, 6.45) is 2.37. The van der Waals surface area contributed by atoms with Gasteiger partial charge in [0.05, 0.1) is 17.3 Å². The van der Waals surface area contributed by atoms with Gasteiger partial charge in [0, 0.05) is 44.6 Å². The Morgan fingerprint density at radius 2 is 1.89 bits per heavy atom. The third-order valence-electron chi connectivity index (χ3n) is 4.79. The molecule has 0 saturated carbocycles. The number of rotatable bonds is 4. The molecule has 0 aromatic carbocycles. The average Bonchev–Trinajstić information content (AvgIpc) is 2.56. The first-order chi connectivity index (χ1) is 13.1. The van der Waals surface area contributed by atoms with E-state index in [-0.39, 0.29) is 28.9 Å². The van der Waals surface area contributed by atoms with Crippen molar-refractivity contribution in [3.63, 3.8) is 0 Å². The van der Waals surface area contributed by atoms with Gasteiger partial charge in [-0.1, -0.05) is 0 Å². The minimum absolute atomic E-state index is 0.0433. The maximum atomic E-state index is 12.5. The number of hydrogen-bond acceptors (Lipinski definition) is 6. The van der Waals surface area contributed by atoms with Crippen molar-refractivity contribution < 1.29 is 24.2 Å². The minimum Gasteiger partial charge on any atom is -0.478 e. The number of nitrogens with one attached hydrogen (secondary N) is 1. The van der Waals surface area contributed by atoms with Crippen LogP contribution in [-0.2, 0) is 9.47 Å². The summed E-state index contributed by atoms with van der Waals surface area (Å²) in [6.45, 7) is 7.28. The Balaban J connectivity index is 1.69. The van der Waals surface area contributed by atoms with Gasteiger partial charge in [0.15, 0.2) is 0 Å². The van der Waals surface area contributed by atoms with Gasteiger partial charge in [0.25, 0.3) is 5.56 Å². The van der Waals surface area contributed by atoms with Crippen LogP contribution in [0.15, 0.2) is 17.1 Å². The number of ether oxygens (including phenoxy) is 2. The van der Waals surface area contributed by atoms with Gasteiger partial charge < -0.3 is 29.4 Å². The molecule has 0 aliphatic carbocycles. The predicted molar refractivity (Wildman–Crippen MR) is 102 cm³/mol. The van der Waals surface area contributed by atoms with Crippen molar-refractivity contribution in [3.8, 4) is 0 Å². The fourth-order valence-electron chi connectivity index (χ4n) is 3.35. The first-order valence-corrected chi connectivity index (χ1v) is 9.46. The van der Waals surface area contributed by atoms with Crippen LogP contribution in [0, 0.1) is 0 Å². The number of carboxylic acids is 1. The monoisotopic (exact) mass is 393 g/mol. The molecule has 2 aliphatic rings. The predicted octanol–water partition coefficient (Wildman–Crippen LogP) is 1.93. The number of nitrogens with zero attached hydrogens (tertiary/aromatic N) is 2. The minimum atomic E-state index is -1.10. The lowest BCUT2D eigenvalue weighted by atomic mass is 10.1. The summed E-state index contributed by atoms with van der Waals surface area (Å²) in [5.41, 5.74) is -0.500. The van der Waals surface area contributed by atoms with Gasteiger partial charge in [0.2, 0.25) is 0 Å². The number of aromatic nitrogens is 1. The van der Waals surface area contributed by atoms with E-state index in [4.69, 9.17) is 9.47 Å². The van der Waals surface area contributed by atoms with E-state index in [2.05, 4.69) is 5.32 Å². The maximum Gasteiger partial charge on any atom is 0.410 e. The van der Waals surface area contributed by atoms with Gasteiger partial charge in [-0.15, -0.1) is 0 Å². The highest BCUT2D eigenvalue weighted by Crippen LogP contribution is 2.24. The van der Waals surface area contributed by atoms with Crippen LogP contribution >= 0.6 is 0 Å². The molecule has 9 heteroatoms. The van der Waals surface area contributed by atoms with E-state index in [0.717, 1.165) is 0 Å². The van der Waals surface area contributed by atoms with Crippen LogP contribution in [0.5, 0.6) is 0 Å². The van der Waals surface area contributed by atoms with Crippen LogP contribution in [-0.4, -0.2) is 64.6 Å². The van der Waals surface area contributed by atoms with Crippen molar-refractivity contribution in [3.05, 3.63) is 28.2 Å². The Morgan fingerprint density at radius 3 is 2.46 bits per heavy atom. The van der Waals surface area contributed by atoms with E-state index in [0.29, 0.717) is 39.1 Å². The van der Waals surface area contributed by atoms with E-state index < -0.39 is 17.7 Å². The number of carboxylic acid groups (broad SMARTS) is 1. The highest BCUT2D eigenvalue weighted by Gasteiger charge is 2.34. The largest absolute Gasteiger partial charge is 0.478 e. The van der Waals surface area contributed by atoms with Crippen LogP contribution in [0.4, 0.5) is 10.5 Å². The fraction of sp³-hybridized carbons (Fsp3) is 0.632. The summed E-state index contributed by atoms with van der Waals surface area (Å²) in [5, 5.41) is 12.7. The molecule has 1 aromatic heterocycles. The number of pyridine rings is 1. The zero-order chi connectivity index (χ0) is 20.5. The third kappa shape index (κ3) is 4.64. The molecule has 0 radical (unpaired) electrons. The molecule has 28 heavy (non-hydrogen) atoms. The van der Waals surface area contributed by atoms with E-state index >= 15 is 0 Å². The fourth-order valence-corrected chi connectivity index (χ4v) is 3.35. The van der Waals surface area contributed by atoms with Crippen molar-refractivity contribution in [1.82, 2.24) is 9.47 Å². The zero-order valence-corrected chi connectivity index (χ0v) is 16.4. The Bertz CT molecular complexity index is 801. The van der Waals surface area contributed by atoms with Gasteiger partial charge >= 0.3 is 12.1 Å². The quantitative estimate of drug-likeness (QED) is 0.804. The second-order valence-corrected chi connectivity index (χ2v) is 8.22. The third-order valence-corrected chi connectivity index (χ3v) is 4.79. The van der Waals surface area contributed by atoms with E-state index in [1.54, 1.807) is 20.8 Å². The first kappa shape index (κ1) is 20.2. The van der Waals surface area contributed by atoms with Crippen molar-refractivity contribution in [2.45, 2.75) is 51.3 Å². The van der Waals surface area contributed by atoms with Gasteiger partial charge in [-0.2, -0.15) is 0 Å². The topological polar surface area (TPSA) is 110 Å². The molecule has 0 spiro atoms. The summed E-state index contributed by atoms with van der Waals surface area (Å²) < 4.78 is 12.1. The maximum absolute atomic E-state index is 12.5. The van der Waals surface area contributed by atoms with E-state index in [9.17, 15) is 19.5 Å². The summed E-state index contributed by atoms with van der Waals surface area (Å²) >= 11 is 0. The number of hydrogen-bond donors (Lipinski definition) is 2. The average molecular weight is 393 g/mol. The molecular formula is C19H27N3O6. The highest BCUT2D eigenvalue weighted by molar-refractivity contribution is 5.93. The Kier molecular flexibility index (Phi) is 5.64. The smallest absolute Gasteiger partial charge is 0.410 e. The normalized spacial score (nSPS) is 18.5. The van der Waals surface area contributed by atoms with Crippen molar-refractivity contribution in [2.75, 3.05) is 31.6 Å². The van der Waals surface area contributed by atoms with Crippen molar-refractivity contribution >= 4 is 17.7 Å². The molecule has 2 aliphatic heterocycles. The molecule has 2 saturated heterocycles. The number of carbonyl (C=O) groups is 2. The lowest BCUT2D eigenvalue weighted by Gasteiger charge is -2.40. The van der Waals surface area contributed by atoms with Gasteiger partial charge in [-0.25, -0.2) is 9.59 Å². The number of carbonyl (C=O) groups excluding carboxylic acids is 1. The Morgan fingerprint density at radius 1 is 1.25 bits per heavy atom.